The van der Waals surface area contributed by atoms with E-state index < -0.39 is 24.3 Å². The van der Waals surface area contributed by atoms with E-state index in [9.17, 15) is 19.5 Å². The molecule has 1 heterocycles. The molecule has 7 heteroatoms. The lowest BCUT2D eigenvalue weighted by molar-refractivity contribution is -0.137. The van der Waals surface area contributed by atoms with Gasteiger partial charge in [-0.25, -0.2) is 4.79 Å². The van der Waals surface area contributed by atoms with Crippen LogP contribution in [0.2, 0.25) is 0 Å². The fourth-order valence-corrected chi connectivity index (χ4v) is 4.10. The fraction of sp³-hybridized carbons (Fsp3) is 0.842. The van der Waals surface area contributed by atoms with E-state index in [0.717, 1.165) is 25.7 Å². The highest BCUT2D eigenvalue weighted by atomic mass is 16.4. The van der Waals surface area contributed by atoms with Gasteiger partial charge in [0.1, 0.15) is 12.3 Å². The predicted molar refractivity (Wildman–Crippen MR) is 96.3 cm³/mol. The monoisotopic (exact) mass is 368 g/mol. The van der Waals surface area contributed by atoms with Gasteiger partial charge in [-0.2, -0.15) is 0 Å². The van der Waals surface area contributed by atoms with Gasteiger partial charge in [0.05, 0.1) is 0 Å². The number of aliphatic carboxylic acids is 1. The summed E-state index contributed by atoms with van der Waals surface area (Å²) in [5, 5.41) is 21.4. The van der Waals surface area contributed by atoms with Gasteiger partial charge in [0.15, 0.2) is 0 Å². The molecule has 0 bridgehead atoms. The van der Waals surface area contributed by atoms with Gasteiger partial charge in [0, 0.05) is 6.42 Å². The lowest BCUT2D eigenvalue weighted by Crippen LogP contribution is -2.43. The Morgan fingerprint density at radius 2 is 1.77 bits per heavy atom. The average Bonchev–Trinajstić information content (AvgIpc) is 2.90. The van der Waals surface area contributed by atoms with Crippen LogP contribution in [0.4, 0.5) is 4.79 Å². The van der Waals surface area contributed by atoms with Crippen LogP contribution in [0.5, 0.6) is 0 Å². The maximum atomic E-state index is 12.1. The van der Waals surface area contributed by atoms with E-state index in [0.29, 0.717) is 25.2 Å². The van der Waals surface area contributed by atoms with Crippen molar-refractivity contribution < 1.29 is 24.6 Å². The number of urea groups is 1. The number of unbranched alkanes of at least 4 members (excludes halogenated alkanes) is 3. The molecule has 1 aliphatic heterocycles. The molecule has 2 atom stereocenters. The number of imide groups is 1. The van der Waals surface area contributed by atoms with Crippen LogP contribution in [0.3, 0.4) is 0 Å². The number of hydrogen-bond acceptors (Lipinski definition) is 4. The number of aliphatic hydroxyl groups excluding tert-OH is 1. The number of carboxylic acid groups (broad SMARTS) is 1. The Kier molecular flexibility index (Phi) is 8.35. The Hall–Kier alpha value is -1.63. The van der Waals surface area contributed by atoms with Gasteiger partial charge in [-0.3, -0.25) is 19.8 Å². The number of carbonyl (C=O) groups is 3. The molecule has 1 unspecified atom stereocenters. The minimum atomic E-state index is -0.916. The van der Waals surface area contributed by atoms with E-state index in [1.54, 1.807) is 0 Å². The Bertz CT molecular complexity index is 490. The second-order valence-corrected chi connectivity index (χ2v) is 7.63. The molecule has 1 saturated heterocycles. The molecule has 0 spiro atoms. The predicted octanol–water partition coefficient (Wildman–Crippen LogP) is 3.01. The van der Waals surface area contributed by atoms with Crippen molar-refractivity contribution >= 4 is 17.9 Å². The lowest BCUT2D eigenvalue weighted by atomic mass is 9.86. The van der Waals surface area contributed by atoms with Crippen molar-refractivity contribution in [3.63, 3.8) is 0 Å². The van der Waals surface area contributed by atoms with Crippen LogP contribution in [0, 0.1) is 5.92 Å². The van der Waals surface area contributed by atoms with Crippen LogP contribution < -0.4 is 5.32 Å². The molecule has 2 rings (SSSR count). The van der Waals surface area contributed by atoms with Crippen molar-refractivity contribution in [1.29, 1.82) is 0 Å². The van der Waals surface area contributed by atoms with Crippen LogP contribution in [0.25, 0.3) is 0 Å². The molecular weight excluding hydrogens is 336 g/mol. The Morgan fingerprint density at radius 1 is 1.08 bits per heavy atom. The number of nitrogens with zero attached hydrogens (tertiary/aromatic N) is 1. The molecule has 0 radical (unpaired) electrons. The Balaban J connectivity index is 1.75. The molecule has 0 aromatic carbocycles. The van der Waals surface area contributed by atoms with Crippen molar-refractivity contribution in [2.45, 2.75) is 95.7 Å². The van der Waals surface area contributed by atoms with Gasteiger partial charge in [-0.1, -0.05) is 51.4 Å². The van der Waals surface area contributed by atoms with Crippen molar-refractivity contribution in [3.05, 3.63) is 0 Å². The number of aliphatic hydroxyl groups is 1. The third-order valence-electron chi connectivity index (χ3n) is 5.60. The maximum absolute atomic E-state index is 12.1. The second-order valence-electron chi connectivity index (χ2n) is 7.63. The van der Waals surface area contributed by atoms with Crippen molar-refractivity contribution in [2.75, 3.05) is 0 Å². The van der Waals surface area contributed by atoms with Crippen LogP contribution in [-0.2, 0) is 9.59 Å². The summed E-state index contributed by atoms with van der Waals surface area (Å²) in [6, 6.07) is -1.11. The highest BCUT2D eigenvalue weighted by Crippen LogP contribution is 2.29. The largest absolute Gasteiger partial charge is 0.481 e. The number of amides is 3. The van der Waals surface area contributed by atoms with E-state index in [1.165, 1.54) is 37.0 Å². The molecule has 148 valence electrons. The minimum absolute atomic E-state index is 0.161. The standard InChI is InChI=1S/C19H32N2O5/c22-16(13-12-14-8-4-3-5-9-14)21-15(18(25)20-19(21)26)10-6-1-2-7-11-17(23)24/h14-16,22H,1-13H2,(H,23,24)(H,20,25,26)/t15-,16?/m0/s1. The van der Waals surface area contributed by atoms with Gasteiger partial charge in [-0.05, 0) is 31.6 Å². The molecular formula is C19H32N2O5. The fourth-order valence-electron chi connectivity index (χ4n) is 4.10. The Morgan fingerprint density at radius 3 is 2.46 bits per heavy atom. The molecule has 2 fully saturated rings. The van der Waals surface area contributed by atoms with E-state index in [1.807, 2.05) is 0 Å². The number of rotatable bonds is 11. The first-order chi connectivity index (χ1) is 12.5. The van der Waals surface area contributed by atoms with Gasteiger partial charge in [0.25, 0.3) is 5.91 Å². The van der Waals surface area contributed by atoms with Gasteiger partial charge in [-0.15, -0.1) is 0 Å². The zero-order valence-corrected chi connectivity index (χ0v) is 15.5. The van der Waals surface area contributed by atoms with Crippen molar-refractivity contribution in [2.24, 2.45) is 5.92 Å². The maximum Gasteiger partial charge on any atom is 0.326 e. The summed E-state index contributed by atoms with van der Waals surface area (Å²) >= 11 is 0. The lowest BCUT2D eigenvalue weighted by Gasteiger charge is -2.29. The van der Waals surface area contributed by atoms with Gasteiger partial charge < -0.3 is 10.2 Å². The topological polar surface area (TPSA) is 107 Å². The third-order valence-corrected chi connectivity index (χ3v) is 5.60. The minimum Gasteiger partial charge on any atom is -0.481 e. The number of carboxylic acids is 1. The summed E-state index contributed by atoms with van der Waals surface area (Å²) < 4.78 is 0. The van der Waals surface area contributed by atoms with Crippen LogP contribution >= 0.6 is 0 Å². The first kappa shape index (κ1) is 20.7. The first-order valence-electron chi connectivity index (χ1n) is 10.0. The first-order valence-corrected chi connectivity index (χ1v) is 10.0. The molecule has 3 N–H and O–H groups in total. The quantitative estimate of drug-likeness (QED) is 0.384. The summed E-state index contributed by atoms with van der Waals surface area (Å²) in [7, 11) is 0. The number of hydrogen-bond donors (Lipinski definition) is 3. The SMILES string of the molecule is O=C(O)CCCCCC[C@H]1C(=O)NC(=O)N1C(O)CCC1CCCCC1. The summed E-state index contributed by atoms with van der Waals surface area (Å²) in [4.78, 5) is 35.9. The molecule has 2 aliphatic rings. The van der Waals surface area contributed by atoms with Crippen LogP contribution in [0.15, 0.2) is 0 Å². The van der Waals surface area contributed by atoms with E-state index in [-0.39, 0.29) is 12.3 Å². The normalized spacial score (nSPS) is 22.5. The molecule has 1 aliphatic carbocycles. The van der Waals surface area contributed by atoms with Gasteiger partial charge in [0.2, 0.25) is 0 Å². The molecule has 0 aromatic rings. The Labute approximate surface area is 155 Å². The smallest absolute Gasteiger partial charge is 0.326 e. The zero-order valence-electron chi connectivity index (χ0n) is 15.5. The van der Waals surface area contributed by atoms with E-state index in [4.69, 9.17) is 5.11 Å². The van der Waals surface area contributed by atoms with Crippen molar-refractivity contribution in [3.8, 4) is 0 Å². The van der Waals surface area contributed by atoms with E-state index in [2.05, 4.69) is 5.32 Å². The molecule has 3 amide bonds. The van der Waals surface area contributed by atoms with E-state index >= 15 is 0 Å². The number of carbonyl (C=O) groups excluding carboxylic acids is 2. The number of nitrogens with one attached hydrogen (secondary N) is 1. The summed E-state index contributed by atoms with van der Waals surface area (Å²) in [6.07, 6.45) is 10.3. The zero-order chi connectivity index (χ0) is 18.9. The molecule has 7 nitrogen and oxygen atoms in total. The summed E-state index contributed by atoms with van der Waals surface area (Å²) in [6.45, 7) is 0. The highest BCUT2D eigenvalue weighted by Gasteiger charge is 2.41. The third kappa shape index (κ3) is 6.27. The highest BCUT2D eigenvalue weighted by molar-refractivity contribution is 6.04. The van der Waals surface area contributed by atoms with Crippen LogP contribution in [-0.4, -0.2) is 45.3 Å². The summed E-state index contributed by atoms with van der Waals surface area (Å²) in [5.41, 5.74) is 0. The van der Waals surface area contributed by atoms with Crippen molar-refractivity contribution in [1.82, 2.24) is 10.2 Å². The molecule has 1 saturated carbocycles. The molecule has 26 heavy (non-hydrogen) atoms. The second kappa shape index (κ2) is 10.5. The van der Waals surface area contributed by atoms with Gasteiger partial charge >= 0.3 is 12.0 Å². The average molecular weight is 368 g/mol. The molecule has 0 aromatic heterocycles. The van der Waals surface area contributed by atoms with Crippen LogP contribution in [0.1, 0.15) is 83.5 Å². The summed E-state index contributed by atoms with van der Waals surface area (Å²) in [5.74, 6) is -0.511.